The van der Waals surface area contributed by atoms with E-state index < -0.39 is 0 Å². The van der Waals surface area contributed by atoms with Gasteiger partial charge < -0.3 is 4.74 Å². The molecule has 5 heteroatoms. The molecule has 0 aromatic carbocycles. The number of nitrogens with zero attached hydrogens (tertiary/aromatic N) is 1. The van der Waals surface area contributed by atoms with Crippen molar-refractivity contribution < 1.29 is 4.74 Å². The average Bonchev–Trinajstić information content (AvgIpc) is 2.65. The number of rotatable bonds is 3. The molecule has 0 N–H and O–H groups in total. The van der Waals surface area contributed by atoms with Gasteiger partial charge >= 0.3 is 0 Å². The molecule has 1 aliphatic rings. The Morgan fingerprint density at radius 1 is 1.53 bits per heavy atom. The molecule has 1 aromatic heterocycles. The Morgan fingerprint density at radius 3 is 3.07 bits per heavy atom. The fourth-order valence-electron chi connectivity index (χ4n) is 1.68. The summed E-state index contributed by atoms with van der Waals surface area (Å²) < 4.78 is 6.68. The summed E-state index contributed by atoms with van der Waals surface area (Å²) in [5.74, 6) is 0. The van der Waals surface area contributed by atoms with Gasteiger partial charge in [0.1, 0.15) is 0 Å². The van der Waals surface area contributed by atoms with Crippen LogP contribution in [0.3, 0.4) is 0 Å². The average molecular weight is 355 g/mol. The molecule has 0 spiro atoms. The highest BCUT2D eigenvalue weighted by molar-refractivity contribution is 9.11. The second-order valence-electron chi connectivity index (χ2n) is 3.56. The van der Waals surface area contributed by atoms with E-state index in [1.165, 1.54) is 8.66 Å². The van der Waals surface area contributed by atoms with Crippen LogP contribution in [0, 0.1) is 0 Å². The molecule has 1 atom stereocenters. The number of hydrogen-bond donors (Lipinski definition) is 0. The van der Waals surface area contributed by atoms with Crippen molar-refractivity contribution in [3.05, 3.63) is 20.8 Å². The van der Waals surface area contributed by atoms with Crippen molar-refractivity contribution in [2.75, 3.05) is 25.1 Å². The quantitative estimate of drug-likeness (QED) is 0.773. The van der Waals surface area contributed by atoms with Crippen LogP contribution in [0.1, 0.15) is 4.88 Å². The van der Waals surface area contributed by atoms with Gasteiger partial charge in [0.2, 0.25) is 0 Å². The van der Waals surface area contributed by atoms with Gasteiger partial charge in [0, 0.05) is 29.3 Å². The molecule has 2 rings (SSSR count). The highest BCUT2D eigenvalue weighted by Gasteiger charge is 2.22. The molecule has 0 radical (unpaired) electrons. The lowest BCUT2D eigenvalue weighted by Gasteiger charge is -2.34. The van der Waals surface area contributed by atoms with Crippen LogP contribution in [-0.2, 0) is 11.3 Å². The fraction of sp³-hybridized carbons (Fsp3) is 0.600. The van der Waals surface area contributed by atoms with E-state index in [0.29, 0.717) is 6.04 Å². The second kappa shape index (κ2) is 5.77. The Kier molecular flexibility index (Phi) is 4.64. The van der Waals surface area contributed by atoms with Gasteiger partial charge in [-0.15, -0.1) is 11.3 Å². The number of hydrogen-bond acceptors (Lipinski definition) is 3. The van der Waals surface area contributed by atoms with Gasteiger partial charge in [0.15, 0.2) is 0 Å². The van der Waals surface area contributed by atoms with E-state index in [1.54, 1.807) is 0 Å². The SMILES string of the molecule is BrCC1COCCN1Cc1ccc(Br)s1. The van der Waals surface area contributed by atoms with Crippen molar-refractivity contribution in [3.63, 3.8) is 0 Å². The number of morpholine rings is 1. The van der Waals surface area contributed by atoms with Crippen molar-refractivity contribution in [1.29, 1.82) is 0 Å². The Hall–Kier alpha value is 0.580. The number of thiophene rings is 1. The summed E-state index contributed by atoms with van der Waals surface area (Å²) in [5, 5.41) is 0.986. The monoisotopic (exact) mass is 353 g/mol. The first-order valence-corrected chi connectivity index (χ1v) is 7.64. The van der Waals surface area contributed by atoms with E-state index in [4.69, 9.17) is 4.74 Å². The first-order chi connectivity index (χ1) is 7.29. The van der Waals surface area contributed by atoms with Crippen molar-refractivity contribution in [2.45, 2.75) is 12.6 Å². The molecular weight excluding hydrogens is 342 g/mol. The summed E-state index contributed by atoms with van der Waals surface area (Å²) in [5.41, 5.74) is 0. The standard InChI is InChI=1S/C10H13Br2NOS/c11-5-8-7-14-4-3-13(8)6-9-1-2-10(12)15-9/h1-2,8H,3-7H2. The summed E-state index contributed by atoms with van der Waals surface area (Å²) >= 11 is 8.85. The number of ether oxygens (including phenoxy) is 1. The predicted molar refractivity (Wildman–Crippen MR) is 70.8 cm³/mol. The van der Waals surface area contributed by atoms with Crippen LogP contribution >= 0.6 is 43.2 Å². The van der Waals surface area contributed by atoms with E-state index in [9.17, 15) is 0 Å². The van der Waals surface area contributed by atoms with Crippen LogP contribution < -0.4 is 0 Å². The van der Waals surface area contributed by atoms with Crippen LogP contribution in [0.2, 0.25) is 0 Å². The first kappa shape index (κ1) is 12.0. The lowest BCUT2D eigenvalue weighted by molar-refractivity contribution is -0.00166. The minimum Gasteiger partial charge on any atom is -0.378 e. The highest BCUT2D eigenvalue weighted by atomic mass is 79.9. The van der Waals surface area contributed by atoms with E-state index in [2.05, 4.69) is 48.9 Å². The van der Waals surface area contributed by atoms with Crippen molar-refractivity contribution in [3.8, 4) is 0 Å². The lowest BCUT2D eigenvalue weighted by Crippen LogP contribution is -2.45. The first-order valence-electron chi connectivity index (χ1n) is 4.91. The maximum atomic E-state index is 5.47. The van der Waals surface area contributed by atoms with Crippen LogP contribution in [-0.4, -0.2) is 36.0 Å². The second-order valence-corrected chi connectivity index (χ2v) is 6.75. The minimum absolute atomic E-state index is 0.514. The molecule has 1 fully saturated rings. The van der Waals surface area contributed by atoms with Gasteiger partial charge in [-0.05, 0) is 28.1 Å². The maximum absolute atomic E-state index is 5.47. The van der Waals surface area contributed by atoms with Gasteiger partial charge in [-0.2, -0.15) is 0 Å². The van der Waals surface area contributed by atoms with Crippen molar-refractivity contribution in [1.82, 2.24) is 4.90 Å². The zero-order valence-electron chi connectivity index (χ0n) is 8.29. The predicted octanol–water partition coefficient (Wildman–Crippen LogP) is 3.11. The Balaban J connectivity index is 1.97. The molecule has 0 aliphatic carbocycles. The third-order valence-corrected chi connectivity index (χ3v) is 4.87. The molecule has 15 heavy (non-hydrogen) atoms. The van der Waals surface area contributed by atoms with Crippen LogP contribution in [0.15, 0.2) is 15.9 Å². The number of halogens is 2. The van der Waals surface area contributed by atoms with Gasteiger partial charge in [0.05, 0.1) is 17.0 Å². The molecule has 0 amide bonds. The minimum atomic E-state index is 0.514. The molecule has 1 unspecified atom stereocenters. The maximum Gasteiger partial charge on any atom is 0.0701 e. The molecule has 0 saturated carbocycles. The van der Waals surface area contributed by atoms with E-state index >= 15 is 0 Å². The Morgan fingerprint density at radius 2 is 2.40 bits per heavy atom. The van der Waals surface area contributed by atoms with Gasteiger partial charge in [0.25, 0.3) is 0 Å². The molecule has 2 nitrogen and oxygen atoms in total. The van der Waals surface area contributed by atoms with E-state index in [0.717, 1.165) is 31.6 Å². The zero-order valence-corrected chi connectivity index (χ0v) is 12.3. The number of alkyl halides is 1. The highest BCUT2D eigenvalue weighted by Crippen LogP contribution is 2.24. The molecule has 2 heterocycles. The van der Waals surface area contributed by atoms with Crippen molar-refractivity contribution in [2.24, 2.45) is 0 Å². The molecule has 1 aromatic rings. The Labute approximate surface area is 111 Å². The largest absolute Gasteiger partial charge is 0.378 e. The Bertz CT molecular complexity index is 318. The zero-order chi connectivity index (χ0) is 10.7. The smallest absolute Gasteiger partial charge is 0.0701 e. The van der Waals surface area contributed by atoms with Crippen LogP contribution in [0.5, 0.6) is 0 Å². The third-order valence-electron chi connectivity index (χ3n) is 2.52. The van der Waals surface area contributed by atoms with Gasteiger partial charge in [-0.1, -0.05) is 15.9 Å². The molecular formula is C10H13Br2NOS. The molecule has 1 aliphatic heterocycles. The third kappa shape index (κ3) is 3.27. The summed E-state index contributed by atoms with van der Waals surface area (Å²) in [6.07, 6.45) is 0. The molecule has 84 valence electrons. The lowest BCUT2D eigenvalue weighted by atomic mass is 10.2. The van der Waals surface area contributed by atoms with Crippen LogP contribution in [0.4, 0.5) is 0 Å². The fourth-order valence-corrected chi connectivity index (χ4v) is 3.78. The topological polar surface area (TPSA) is 12.5 Å². The van der Waals surface area contributed by atoms with E-state index in [-0.39, 0.29) is 0 Å². The summed E-state index contributed by atoms with van der Waals surface area (Å²) in [6.45, 7) is 3.77. The van der Waals surface area contributed by atoms with Gasteiger partial charge in [-0.3, -0.25) is 4.90 Å². The van der Waals surface area contributed by atoms with Gasteiger partial charge in [-0.25, -0.2) is 0 Å². The van der Waals surface area contributed by atoms with E-state index in [1.807, 2.05) is 11.3 Å². The van der Waals surface area contributed by atoms with Crippen molar-refractivity contribution >= 4 is 43.2 Å². The summed E-state index contributed by atoms with van der Waals surface area (Å²) in [6, 6.07) is 4.82. The summed E-state index contributed by atoms with van der Waals surface area (Å²) in [4.78, 5) is 3.89. The molecule has 0 bridgehead atoms. The normalized spacial score (nSPS) is 23.2. The molecule has 1 saturated heterocycles. The van der Waals surface area contributed by atoms with Crippen LogP contribution in [0.25, 0.3) is 0 Å². The summed E-state index contributed by atoms with van der Waals surface area (Å²) in [7, 11) is 0.